The molecule has 2 rings (SSSR count). The molecule has 0 aliphatic rings. The smallest absolute Gasteiger partial charge is 0.165 e. The van der Waals surface area contributed by atoms with Crippen LogP contribution in [-0.4, -0.2) is 25.7 Å². The van der Waals surface area contributed by atoms with Crippen molar-refractivity contribution in [2.45, 2.75) is 70.9 Å². The first-order chi connectivity index (χ1) is 12.9. The average Bonchev–Trinajstić information content (AvgIpc) is 2.68. The van der Waals surface area contributed by atoms with E-state index < -0.39 is 8.07 Å². The van der Waals surface area contributed by atoms with Crippen LogP contribution in [0.5, 0.6) is 0 Å². The molecular weight excluding hydrogens is 348 g/mol. The number of unbranched alkanes of at least 4 members (excludes halogenated alkanes) is 2. The highest BCUT2D eigenvalue weighted by Gasteiger charge is 2.35. The fourth-order valence-corrected chi connectivity index (χ4v) is 6.49. The van der Waals surface area contributed by atoms with Gasteiger partial charge in [0.05, 0.1) is 11.8 Å². The Morgan fingerprint density at radius 2 is 1.56 bits per heavy atom. The summed E-state index contributed by atoms with van der Waals surface area (Å²) in [6.07, 6.45) is 5.07. The highest BCUT2D eigenvalue weighted by molar-refractivity contribution is 6.90. The number of ether oxygens (including phenoxy) is 1. The largest absolute Gasteiger partial charge is 0.378 e. The monoisotopic (exact) mass is 382 g/mol. The first-order valence-electron chi connectivity index (χ1n) is 10.2. The van der Waals surface area contributed by atoms with Crippen LogP contribution in [0.3, 0.4) is 0 Å². The number of Topliss-reactive ketones (excluding diaryl/α,β-unsaturated/α-hetero) is 1. The number of ketones is 1. The summed E-state index contributed by atoms with van der Waals surface area (Å²) in [6.45, 7) is 9.06. The van der Waals surface area contributed by atoms with Gasteiger partial charge in [0.1, 0.15) is 8.07 Å². The average molecular weight is 383 g/mol. The third-order valence-corrected chi connectivity index (χ3v) is 9.21. The second-order valence-electron chi connectivity index (χ2n) is 8.01. The molecule has 0 bridgehead atoms. The zero-order valence-corrected chi connectivity index (χ0v) is 18.3. The predicted molar refractivity (Wildman–Crippen MR) is 117 cm³/mol. The number of carbonyl (C=O) groups is 1. The molecule has 0 unspecified atom stereocenters. The van der Waals surface area contributed by atoms with Crippen LogP contribution >= 0.6 is 0 Å². The van der Waals surface area contributed by atoms with Crippen LogP contribution in [0.2, 0.25) is 13.1 Å². The molecule has 0 fully saturated rings. The van der Waals surface area contributed by atoms with Crippen molar-refractivity contribution in [2.24, 2.45) is 0 Å². The normalized spacial score (nSPS) is 13.9. The fraction of sp³-hybridized carbons (Fsp3) is 0.458. The molecule has 0 radical (unpaired) electrons. The lowest BCUT2D eigenvalue weighted by Crippen LogP contribution is -2.54. The lowest BCUT2D eigenvalue weighted by atomic mass is 10.1. The van der Waals surface area contributed by atoms with Crippen molar-refractivity contribution in [1.82, 2.24) is 0 Å². The van der Waals surface area contributed by atoms with E-state index >= 15 is 0 Å². The Hall–Kier alpha value is -1.71. The molecule has 2 nitrogen and oxygen atoms in total. The SMILES string of the molecule is CCCCC[C@@H](O[C@H](C)CC(=O)c1ccccc1)[Si](C)(C)c1ccccc1. The highest BCUT2D eigenvalue weighted by atomic mass is 28.3. The molecule has 2 aromatic rings. The number of benzene rings is 2. The topological polar surface area (TPSA) is 26.3 Å². The lowest BCUT2D eigenvalue weighted by Gasteiger charge is -2.35. The minimum atomic E-state index is -1.79. The molecule has 3 heteroatoms. The third-order valence-electron chi connectivity index (χ3n) is 5.36. The first kappa shape index (κ1) is 21.6. The summed E-state index contributed by atoms with van der Waals surface area (Å²) in [5.41, 5.74) is 1.00. The van der Waals surface area contributed by atoms with Gasteiger partial charge in [0, 0.05) is 12.0 Å². The van der Waals surface area contributed by atoms with E-state index in [1.54, 1.807) is 0 Å². The molecule has 0 amide bonds. The molecule has 0 aliphatic carbocycles. The Bertz CT molecular complexity index is 682. The summed E-state index contributed by atoms with van der Waals surface area (Å²) in [5, 5.41) is 1.42. The van der Waals surface area contributed by atoms with Crippen molar-refractivity contribution in [1.29, 1.82) is 0 Å². The number of rotatable bonds is 11. The van der Waals surface area contributed by atoms with Crippen LogP contribution in [0.1, 0.15) is 56.3 Å². The van der Waals surface area contributed by atoms with Crippen LogP contribution in [-0.2, 0) is 4.74 Å². The summed E-state index contributed by atoms with van der Waals surface area (Å²) in [7, 11) is -1.79. The van der Waals surface area contributed by atoms with Crippen molar-refractivity contribution in [3.8, 4) is 0 Å². The van der Waals surface area contributed by atoms with Gasteiger partial charge in [-0.1, -0.05) is 105 Å². The molecule has 2 atom stereocenters. The van der Waals surface area contributed by atoms with Crippen LogP contribution in [0.15, 0.2) is 60.7 Å². The molecular formula is C24H34O2Si. The summed E-state index contributed by atoms with van der Waals surface area (Å²) in [6, 6.07) is 20.3. The Kier molecular flexibility index (Phi) is 8.46. The molecule has 0 aromatic heterocycles. The fourth-order valence-electron chi connectivity index (χ4n) is 3.56. The number of hydrogen-bond donors (Lipinski definition) is 0. The van der Waals surface area contributed by atoms with Gasteiger partial charge < -0.3 is 4.74 Å². The quantitative estimate of drug-likeness (QED) is 0.280. The zero-order chi connectivity index (χ0) is 19.7. The van der Waals surface area contributed by atoms with E-state index in [1.807, 2.05) is 37.3 Å². The summed E-state index contributed by atoms with van der Waals surface area (Å²) >= 11 is 0. The van der Waals surface area contributed by atoms with Crippen LogP contribution in [0, 0.1) is 0 Å². The maximum absolute atomic E-state index is 12.5. The van der Waals surface area contributed by atoms with Gasteiger partial charge in [-0.2, -0.15) is 0 Å². The molecule has 0 aliphatic heterocycles. The molecule has 0 spiro atoms. The van der Waals surface area contributed by atoms with Crippen LogP contribution < -0.4 is 5.19 Å². The molecule has 2 aromatic carbocycles. The minimum absolute atomic E-state index is 0.0696. The maximum atomic E-state index is 12.5. The van der Waals surface area contributed by atoms with Gasteiger partial charge in [0.2, 0.25) is 0 Å². The van der Waals surface area contributed by atoms with E-state index in [2.05, 4.69) is 50.3 Å². The van der Waals surface area contributed by atoms with E-state index in [9.17, 15) is 4.79 Å². The standard InChI is InChI=1S/C24H34O2Si/c1-5-6-9-18-24(27(3,4)22-16-12-8-13-17-22)26-20(2)19-23(25)21-14-10-7-11-15-21/h7-8,10-17,20,24H,5-6,9,18-19H2,1-4H3/t20-,24+/m1/s1. The van der Waals surface area contributed by atoms with Gasteiger partial charge >= 0.3 is 0 Å². The Morgan fingerprint density at radius 1 is 0.963 bits per heavy atom. The zero-order valence-electron chi connectivity index (χ0n) is 17.3. The first-order valence-corrected chi connectivity index (χ1v) is 13.3. The van der Waals surface area contributed by atoms with Crippen molar-refractivity contribution < 1.29 is 9.53 Å². The van der Waals surface area contributed by atoms with Crippen molar-refractivity contribution in [3.05, 3.63) is 66.2 Å². The van der Waals surface area contributed by atoms with E-state index in [1.165, 1.54) is 24.4 Å². The predicted octanol–water partition coefficient (Wildman–Crippen LogP) is 5.77. The second kappa shape index (κ2) is 10.6. The van der Waals surface area contributed by atoms with Crippen molar-refractivity contribution in [2.75, 3.05) is 0 Å². The van der Waals surface area contributed by atoms with Gasteiger partial charge in [-0.25, -0.2) is 0 Å². The summed E-state index contributed by atoms with van der Waals surface area (Å²) < 4.78 is 6.55. The van der Waals surface area contributed by atoms with Crippen molar-refractivity contribution in [3.63, 3.8) is 0 Å². The molecule has 0 saturated heterocycles. The van der Waals surface area contributed by atoms with Gasteiger partial charge in [-0.15, -0.1) is 0 Å². The van der Waals surface area contributed by atoms with E-state index in [4.69, 9.17) is 4.74 Å². The van der Waals surface area contributed by atoms with Gasteiger partial charge in [0.25, 0.3) is 0 Å². The molecule has 0 heterocycles. The van der Waals surface area contributed by atoms with E-state index in [-0.39, 0.29) is 17.6 Å². The van der Waals surface area contributed by atoms with Crippen molar-refractivity contribution >= 4 is 19.0 Å². The number of hydrogen-bond acceptors (Lipinski definition) is 2. The Morgan fingerprint density at radius 3 is 2.15 bits per heavy atom. The Balaban J connectivity index is 2.08. The third kappa shape index (κ3) is 6.44. The minimum Gasteiger partial charge on any atom is -0.378 e. The molecule has 27 heavy (non-hydrogen) atoms. The van der Waals surface area contributed by atoms with Gasteiger partial charge in [-0.3, -0.25) is 4.79 Å². The number of carbonyl (C=O) groups excluding carboxylic acids is 1. The summed E-state index contributed by atoms with van der Waals surface area (Å²) in [4.78, 5) is 12.5. The van der Waals surface area contributed by atoms with Gasteiger partial charge in [-0.05, 0) is 13.3 Å². The molecule has 0 saturated carbocycles. The highest BCUT2D eigenvalue weighted by Crippen LogP contribution is 2.22. The Labute approximate surface area is 166 Å². The van der Waals surface area contributed by atoms with Crippen LogP contribution in [0.4, 0.5) is 0 Å². The van der Waals surface area contributed by atoms with Gasteiger partial charge in [0.15, 0.2) is 5.78 Å². The van der Waals surface area contributed by atoms with E-state index in [0.29, 0.717) is 6.42 Å². The lowest BCUT2D eigenvalue weighted by molar-refractivity contribution is 0.0271. The second-order valence-corrected chi connectivity index (χ2v) is 12.7. The van der Waals surface area contributed by atoms with Crippen LogP contribution in [0.25, 0.3) is 0 Å². The van der Waals surface area contributed by atoms with E-state index in [0.717, 1.165) is 12.0 Å². The molecule has 146 valence electrons. The molecule has 0 N–H and O–H groups in total. The summed E-state index contributed by atoms with van der Waals surface area (Å²) in [5.74, 6) is 0.162. The maximum Gasteiger partial charge on any atom is 0.165 e.